The third kappa shape index (κ3) is 4.24. The lowest BCUT2D eigenvalue weighted by Crippen LogP contribution is -2.12. The number of rotatable bonds is 4. The van der Waals surface area contributed by atoms with Crippen LogP contribution in [0.25, 0.3) is 0 Å². The summed E-state index contributed by atoms with van der Waals surface area (Å²) in [5.74, 6) is 0.779. The highest BCUT2D eigenvalue weighted by atomic mass is 35.5. The van der Waals surface area contributed by atoms with Crippen LogP contribution in [0.15, 0.2) is 30.6 Å². The van der Waals surface area contributed by atoms with Crippen LogP contribution in [0.2, 0.25) is 5.02 Å². The number of nitrogens with zero attached hydrogens (tertiary/aromatic N) is 2. The topological polar surface area (TPSA) is 49.8 Å². The number of halogens is 4. The highest BCUT2D eigenvalue weighted by Gasteiger charge is 2.33. The zero-order valence-electron chi connectivity index (χ0n) is 11.9. The Labute approximate surface area is 130 Å². The zero-order chi connectivity index (χ0) is 16.3. The molecular weight excluding hydrogens is 317 g/mol. The molecule has 1 aromatic heterocycles. The fraction of sp³-hybridized carbons (Fsp3) is 0.286. The molecule has 8 heteroatoms. The summed E-state index contributed by atoms with van der Waals surface area (Å²) in [6, 6.07) is 5.20. The number of hydrogen-bond acceptors (Lipinski definition) is 4. The molecule has 0 fully saturated rings. The summed E-state index contributed by atoms with van der Waals surface area (Å²) >= 11 is 5.64. The average Bonchev–Trinajstić information content (AvgIpc) is 2.39. The van der Waals surface area contributed by atoms with E-state index in [4.69, 9.17) is 11.6 Å². The second-order valence-electron chi connectivity index (χ2n) is 4.90. The number of hydrogen-bond donors (Lipinski definition) is 2. The summed E-state index contributed by atoms with van der Waals surface area (Å²) in [6.07, 6.45) is -3.24. The number of alkyl halides is 3. The van der Waals surface area contributed by atoms with Crippen molar-refractivity contribution >= 4 is 28.9 Å². The van der Waals surface area contributed by atoms with E-state index in [2.05, 4.69) is 20.6 Å². The summed E-state index contributed by atoms with van der Waals surface area (Å²) < 4.78 is 39.1. The first-order valence-corrected chi connectivity index (χ1v) is 6.86. The predicted molar refractivity (Wildman–Crippen MR) is 80.5 cm³/mol. The van der Waals surface area contributed by atoms with E-state index >= 15 is 0 Å². The Morgan fingerprint density at radius 3 is 2.41 bits per heavy atom. The monoisotopic (exact) mass is 330 g/mol. The van der Waals surface area contributed by atoms with Gasteiger partial charge in [0.1, 0.15) is 18.0 Å². The molecule has 0 atom stereocenters. The predicted octanol–water partition coefficient (Wildman–Crippen LogP) is 4.71. The number of anilines is 3. The largest absolute Gasteiger partial charge is 0.418 e. The summed E-state index contributed by atoms with van der Waals surface area (Å²) in [4.78, 5) is 7.93. The molecule has 1 aromatic carbocycles. The summed E-state index contributed by atoms with van der Waals surface area (Å²) in [6.45, 7) is 3.85. The maximum Gasteiger partial charge on any atom is 0.418 e. The van der Waals surface area contributed by atoms with E-state index in [1.165, 1.54) is 24.5 Å². The first kappa shape index (κ1) is 16.4. The van der Waals surface area contributed by atoms with E-state index in [0.717, 1.165) is 6.07 Å². The number of aromatic nitrogens is 2. The van der Waals surface area contributed by atoms with E-state index in [-0.39, 0.29) is 22.6 Å². The lowest BCUT2D eigenvalue weighted by molar-refractivity contribution is -0.136. The summed E-state index contributed by atoms with van der Waals surface area (Å²) in [5, 5.41) is 5.72. The molecule has 0 aliphatic carbocycles. The van der Waals surface area contributed by atoms with Gasteiger partial charge in [-0.05, 0) is 32.0 Å². The Morgan fingerprint density at radius 2 is 1.77 bits per heavy atom. The number of nitrogens with one attached hydrogen (secondary N) is 2. The third-order valence-corrected chi connectivity index (χ3v) is 2.89. The van der Waals surface area contributed by atoms with Gasteiger partial charge >= 0.3 is 6.18 Å². The maximum atomic E-state index is 13.0. The van der Waals surface area contributed by atoms with E-state index in [9.17, 15) is 13.2 Å². The molecule has 0 radical (unpaired) electrons. The second-order valence-corrected chi connectivity index (χ2v) is 5.34. The smallest absolute Gasteiger partial charge is 0.368 e. The molecule has 0 saturated carbocycles. The minimum absolute atomic E-state index is 0.0164. The van der Waals surface area contributed by atoms with Crippen molar-refractivity contribution in [2.75, 3.05) is 10.6 Å². The molecular formula is C14H14ClF3N4. The molecule has 118 valence electrons. The van der Waals surface area contributed by atoms with Gasteiger partial charge in [-0.1, -0.05) is 11.6 Å². The van der Waals surface area contributed by atoms with Gasteiger partial charge in [-0.2, -0.15) is 13.2 Å². The van der Waals surface area contributed by atoms with E-state index < -0.39 is 11.7 Å². The molecule has 0 spiro atoms. The molecule has 1 heterocycles. The van der Waals surface area contributed by atoms with Crippen molar-refractivity contribution in [3.8, 4) is 0 Å². The Morgan fingerprint density at radius 1 is 1.09 bits per heavy atom. The molecule has 2 rings (SSSR count). The lowest BCUT2D eigenvalue weighted by Gasteiger charge is -2.15. The Balaban J connectivity index is 2.31. The van der Waals surface area contributed by atoms with E-state index in [0.29, 0.717) is 5.82 Å². The normalized spacial score (nSPS) is 11.6. The van der Waals surface area contributed by atoms with Gasteiger partial charge < -0.3 is 10.6 Å². The van der Waals surface area contributed by atoms with Crippen LogP contribution in [0.4, 0.5) is 30.5 Å². The van der Waals surface area contributed by atoms with Crippen molar-refractivity contribution in [2.24, 2.45) is 0 Å². The summed E-state index contributed by atoms with van der Waals surface area (Å²) in [7, 11) is 0. The van der Waals surface area contributed by atoms with Crippen molar-refractivity contribution in [1.29, 1.82) is 0 Å². The van der Waals surface area contributed by atoms with Crippen LogP contribution < -0.4 is 10.6 Å². The molecule has 0 amide bonds. The molecule has 2 aromatic rings. The van der Waals surface area contributed by atoms with Crippen molar-refractivity contribution in [1.82, 2.24) is 9.97 Å². The van der Waals surface area contributed by atoms with E-state index in [1.54, 1.807) is 0 Å². The molecule has 0 unspecified atom stereocenters. The maximum absolute atomic E-state index is 13.0. The minimum atomic E-state index is -4.51. The fourth-order valence-electron chi connectivity index (χ4n) is 1.80. The molecule has 0 aliphatic heterocycles. The van der Waals surface area contributed by atoms with E-state index in [1.807, 2.05) is 13.8 Å². The SMILES string of the molecule is CC(C)Nc1cc(Nc2ccc(Cl)cc2C(F)(F)F)ncn1. The Bertz CT molecular complexity index is 659. The molecule has 4 nitrogen and oxygen atoms in total. The highest BCUT2D eigenvalue weighted by Crippen LogP contribution is 2.37. The van der Waals surface area contributed by atoms with Gasteiger partial charge in [-0.3, -0.25) is 0 Å². The van der Waals surface area contributed by atoms with Crippen LogP contribution in [-0.2, 0) is 6.18 Å². The van der Waals surface area contributed by atoms with Gasteiger partial charge in [0.25, 0.3) is 0 Å². The van der Waals surface area contributed by atoms with Crippen molar-refractivity contribution in [2.45, 2.75) is 26.1 Å². The van der Waals surface area contributed by atoms with Crippen LogP contribution in [0.5, 0.6) is 0 Å². The van der Waals surface area contributed by atoms with Crippen LogP contribution in [0.3, 0.4) is 0 Å². The molecule has 2 N–H and O–H groups in total. The van der Waals surface area contributed by atoms with Crippen LogP contribution in [-0.4, -0.2) is 16.0 Å². The van der Waals surface area contributed by atoms with Gasteiger partial charge in [0.05, 0.1) is 11.3 Å². The van der Waals surface area contributed by atoms with Crippen LogP contribution in [0.1, 0.15) is 19.4 Å². The number of benzene rings is 1. The van der Waals surface area contributed by atoms with Gasteiger partial charge in [-0.15, -0.1) is 0 Å². The minimum Gasteiger partial charge on any atom is -0.368 e. The molecule has 22 heavy (non-hydrogen) atoms. The first-order valence-electron chi connectivity index (χ1n) is 6.48. The van der Waals surface area contributed by atoms with Gasteiger partial charge in [0.15, 0.2) is 0 Å². The molecule has 0 saturated heterocycles. The average molecular weight is 331 g/mol. The summed E-state index contributed by atoms with van der Waals surface area (Å²) in [5.41, 5.74) is -0.969. The van der Waals surface area contributed by atoms with Crippen molar-refractivity contribution in [3.05, 3.63) is 41.2 Å². The molecule has 0 aliphatic rings. The standard InChI is InChI=1S/C14H14ClF3N4/c1-8(2)21-12-6-13(20-7-19-12)22-11-4-3-9(15)5-10(11)14(16,17)18/h3-8H,1-2H3,(H2,19,20,21,22). The zero-order valence-corrected chi connectivity index (χ0v) is 12.6. The van der Waals surface area contributed by atoms with Crippen LogP contribution in [0, 0.1) is 0 Å². The quantitative estimate of drug-likeness (QED) is 0.852. The first-order chi connectivity index (χ1) is 10.3. The Kier molecular flexibility index (Phi) is 4.75. The fourth-order valence-corrected chi connectivity index (χ4v) is 1.97. The second kappa shape index (κ2) is 6.39. The van der Waals surface area contributed by atoms with Gasteiger partial charge in [-0.25, -0.2) is 9.97 Å². The van der Waals surface area contributed by atoms with Crippen molar-refractivity contribution < 1.29 is 13.2 Å². The van der Waals surface area contributed by atoms with Crippen LogP contribution >= 0.6 is 11.6 Å². The lowest BCUT2D eigenvalue weighted by atomic mass is 10.1. The van der Waals surface area contributed by atoms with Crippen molar-refractivity contribution in [3.63, 3.8) is 0 Å². The third-order valence-electron chi connectivity index (χ3n) is 2.65. The highest BCUT2D eigenvalue weighted by molar-refractivity contribution is 6.30. The molecule has 0 bridgehead atoms. The van der Waals surface area contributed by atoms with Gasteiger partial charge in [0, 0.05) is 17.1 Å². The Hall–Kier alpha value is -2.02. The van der Waals surface area contributed by atoms with Gasteiger partial charge in [0.2, 0.25) is 0 Å².